The van der Waals surface area contributed by atoms with Crippen molar-refractivity contribution in [2.45, 2.75) is 33.1 Å². The van der Waals surface area contributed by atoms with Crippen LogP contribution in [0.25, 0.3) is 0 Å². The molecule has 0 unspecified atom stereocenters. The summed E-state index contributed by atoms with van der Waals surface area (Å²) in [5, 5.41) is 6.63. The Bertz CT molecular complexity index is 763. The van der Waals surface area contributed by atoms with Gasteiger partial charge in [-0.2, -0.15) is 0 Å². The Kier molecular flexibility index (Phi) is 5.55. The summed E-state index contributed by atoms with van der Waals surface area (Å²) in [6, 6.07) is 9.44. The first-order chi connectivity index (χ1) is 12.5. The number of aryl methyl sites for hydroxylation is 1. The van der Waals surface area contributed by atoms with Crippen LogP contribution in [0.4, 0.5) is 17.2 Å². The van der Waals surface area contributed by atoms with Crippen molar-refractivity contribution < 1.29 is 14.1 Å². The summed E-state index contributed by atoms with van der Waals surface area (Å²) in [6.07, 6.45) is 3.74. The standard InChI is InChI=1S/C19H24N4O3/c1-14-12-18(21-26-14)23(15(2)24)13-19(25)20-16-6-8-17(9-7-16)22-10-4-3-5-11-22/h6-9,12H,3-5,10-11,13H2,1-2H3,(H,20,25). The zero-order chi connectivity index (χ0) is 18.5. The van der Waals surface area contributed by atoms with Crippen molar-refractivity contribution in [3.8, 4) is 0 Å². The Morgan fingerprint density at radius 3 is 2.46 bits per heavy atom. The van der Waals surface area contributed by atoms with Crippen LogP contribution in [-0.2, 0) is 9.59 Å². The molecule has 0 radical (unpaired) electrons. The topological polar surface area (TPSA) is 78.7 Å². The molecule has 7 heteroatoms. The molecule has 0 spiro atoms. The molecular weight excluding hydrogens is 332 g/mol. The number of benzene rings is 1. The third-order valence-corrected chi connectivity index (χ3v) is 4.45. The van der Waals surface area contributed by atoms with Crippen molar-refractivity contribution in [2.75, 3.05) is 34.8 Å². The van der Waals surface area contributed by atoms with Gasteiger partial charge in [-0.25, -0.2) is 0 Å². The highest BCUT2D eigenvalue weighted by Gasteiger charge is 2.19. The van der Waals surface area contributed by atoms with Gasteiger partial charge in [-0.15, -0.1) is 0 Å². The van der Waals surface area contributed by atoms with Gasteiger partial charge < -0.3 is 14.7 Å². The molecule has 0 bridgehead atoms. The average Bonchev–Trinajstić information content (AvgIpc) is 3.07. The van der Waals surface area contributed by atoms with E-state index in [0.717, 1.165) is 13.1 Å². The van der Waals surface area contributed by atoms with Gasteiger partial charge in [0.15, 0.2) is 5.82 Å². The van der Waals surface area contributed by atoms with Gasteiger partial charge in [0.05, 0.1) is 0 Å². The minimum Gasteiger partial charge on any atom is -0.372 e. The molecule has 2 amide bonds. The first-order valence-corrected chi connectivity index (χ1v) is 8.89. The second-order valence-corrected chi connectivity index (χ2v) is 6.54. The number of hydrogen-bond donors (Lipinski definition) is 1. The fourth-order valence-corrected chi connectivity index (χ4v) is 3.09. The summed E-state index contributed by atoms with van der Waals surface area (Å²) in [5.41, 5.74) is 1.88. The number of hydrogen-bond acceptors (Lipinski definition) is 5. The SMILES string of the molecule is CC(=O)N(CC(=O)Nc1ccc(N2CCCCC2)cc1)c1cc(C)on1. The van der Waals surface area contributed by atoms with Crippen molar-refractivity contribution in [3.63, 3.8) is 0 Å². The second-order valence-electron chi connectivity index (χ2n) is 6.54. The summed E-state index contributed by atoms with van der Waals surface area (Å²) in [7, 11) is 0. The molecular formula is C19H24N4O3. The Balaban J connectivity index is 1.60. The predicted molar refractivity (Wildman–Crippen MR) is 100 cm³/mol. The maximum atomic E-state index is 12.3. The zero-order valence-corrected chi connectivity index (χ0v) is 15.2. The molecule has 138 valence electrons. The van der Waals surface area contributed by atoms with Crippen molar-refractivity contribution in [1.29, 1.82) is 0 Å². The Labute approximate surface area is 152 Å². The van der Waals surface area contributed by atoms with Gasteiger partial charge in [-0.3, -0.25) is 14.5 Å². The first kappa shape index (κ1) is 18.0. The summed E-state index contributed by atoms with van der Waals surface area (Å²) in [6.45, 7) is 5.17. The van der Waals surface area contributed by atoms with Crippen LogP contribution in [0.1, 0.15) is 31.9 Å². The molecule has 1 fully saturated rings. The molecule has 26 heavy (non-hydrogen) atoms. The number of piperidine rings is 1. The summed E-state index contributed by atoms with van der Waals surface area (Å²) in [5.74, 6) is 0.367. The van der Waals surface area contributed by atoms with Gasteiger partial charge in [0.2, 0.25) is 11.8 Å². The van der Waals surface area contributed by atoms with Crippen molar-refractivity contribution in [1.82, 2.24) is 5.16 Å². The molecule has 3 rings (SSSR count). The van der Waals surface area contributed by atoms with Gasteiger partial charge in [0, 0.05) is 37.5 Å². The lowest BCUT2D eigenvalue weighted by Gasteiger charge is -2.28. The fraction of sp³-hybridized carbons (Fsp3) is 0.421. The molecule has 1 N–H and O–H groups in total. The molecule has 1 saturated heterocycles. The summed E-state index contributed by atoms with van der Waals surface area (Å²) >= 11 is 0. The number of carbonyl (C=O) groups is 2. The van der Waals surface area contributed by atoms with E-state index in [-0.39, 0.29) is 18.4 Å². The molecule has 1 aliphatic rings. The number of nitrogens with zero attached hydrogens (tertiary/aromatic N) is 3. The van der Waals surface area contributed by atoms with Crippen LogP contribution >= 0.6 is 0 Å². The molecule has 1 aromatic heterocycles. The number of aromatic nitrogens is 1. The highest BCUT2D eigenvalue weighted by atomic mass is 16.5. The fourth-order valence-electron chi connectivity index (χ4n) is 3.09. The zero-order valence-electron chi connectivity index (χ0n) is 15.2. The van der Waals surface area contributed by atoms with E-state index in [1.807, 2.05) is 24.3 Å². The highest BCUT2D eigenvalue weighted by Crippen LogP contribution is 2.22. The lowest BCUT2D eigenvalue weighted by Crippen LogP contribution is -2.36. The van der Waals surface area contributed by atoms with E-state index in [9.17, 15) is 9.59 Å². The molecule has 2 heterocycles. The molecule has 0 aliphatic carbocycles. The van der Waals surface area contributed by atoms with Crippen LogP contribution in [0.5, 0.6) is 0 Å². The van der Waals surface area contributed by atoms with Crippen LogP contribution in [0.15, 0.2) is 34.9 Å². The van der Waals surface area contributed by atoms with Crippen molar-refractivity contribution >= 4 is 29.0 Å². The van der Waals surface area contributed by atoms with Gasteiger partial charge in [-0.05, 0) is 50.5 Å². The number of nitrogens with one attached hydrogen (secondary N) is 1. The molecule has 7 nitrogen and oxygen atoms in total. The summed E-state index contributed by atoms with van der Waals surface area (Å²) in [4.78, 5) is 27.8. The molecule has 2 aromatic rings. The third kappa shape index (κ3) is 4.41. The van der Waals surface area contributed by atoms with Crippen molar-refractivity contribution in [3.05, 3.63) is 36.1 Å². The van der Waals surface area contributed by atoms with E-state index in [4.69, 9.17) is 4.52 Å². The second kappa shape index (κ2) is 8.03. The Morgan fingerprint density at radius 2 is 1.88 bits per heavy atom. The van der Waals surface area contributed by atoms with Gasteiger partial charge in [-0.1, -0.05) is 5.16 Å². The van der Waals surface area contributed by atoms with E-state index in [2.05, 4.69) is 15.4 Å². The smallest absolute Gasteiger partial charge is 0.244 e. The monoisotopic (exact) mass is 356 g/mol. The van der Waals surface area contributed by atoms with Crippen LogP contribution in [-0.4, -0.2) is 36.6 Å². The van der Waals surface area contributed by atoms with E-state index >= 15 is 0 Å². The highest BCUT2D eigenvalue weighted by molar-refractivity contribution is 6.01. The number of anilines is 3. The van der Waals surface area contributed by atoms with E-state index in [1.165, 1.54) is 36.8 Å². The Hall–Kier alpha value is -2.83. The lowest BCUT2D eigenvalue weighted by atomic mass is 10.1. The predicted octanol–water partition coefficient (Wildman–Crippen LogP) is 2.96. The average molecular weight is 356 g/mol. The van der Waals surface area contributed by atoms with E-state index < -0.39 is 0 Å². The third-order valence-electron chi connectivity index (χ3n) is 4.45. The first-order valence-electron chi connectivity index (χ1n) is 8.89. The molecule has 1 aromatic carbocycles. The quantitative estimate of drug-likeness (QED) is 0.891. The number of carbonyl (C=O) groups excluding carboxylic acids is 2. The minimum atomic E-state index is -0.286. The van der Waals surface area contributed by atoms with Crippen LogP contribution in [0, 0.1) is 6.92 Å². The largest absolute Gasteiger partial charge is 0.372 e. The number of rotatable bonds is 5. The van der Waals surface area contributed by atoms with Crippen LogP contribution in [0.2, 0.25) is 0 Å². The minimum absolute atomic E-state index is 0.116. The van der Waals surface area contributed by atoms with E-state index in [0.29, 0.717) is 17.3 Å². The van der Waals surface area contributed by atoms with Crippen molar-refractivity contribution in [2.24, 2.45) is 0 Å². The van der Waals surface area contributed by atoms with Crippen LogP contribution in [0.3, 0.4) is 0 Å². The maximum Gasteiger partial charge on any atom is 0.244 e. The number of amides is 2. The van der Waals surface area contributed by atoms with Crippen LogP contribution < -0.4 is 15.1 Å². The molecule has 0 saturated carbocycles. The Morgan fingerprint density at radius 1 is 1.19 bits per heavy atom. The van der Waals surface area contributed by atoms with E-state index in [1.54, 1.807) is 13.0 Å². The lowest BCUT2D eigenvalue weighted by molar-refractivity contribution is -0.120. The molecule has 0 atom stereocenters. The maximum absolute atomic E-state index is 12.3. The van der Waals surface area contributed by atoms with Gasteiger partial charge in [0.1, 0.15) is 12.3 Å². The van der Waals surface area contributed by atoms with Gasteiger partial charge in [0.25, 0.3) is 0 Å². The summed E-state index contributed by atoms with van der Waals surface area (Å²) < 4.78 is 4.99. The normalized spacial score (nSPS) is 14.2. The van der Waals surface area contributed by atoms with Gasteiger partial charge >= 0.3 is 0 Å². The molecule has 1 aliphatic heterocycles.